The van der Waals surface area contributed by atoms with E-state index < -0.39 is 0 Å². The van der Waals surface area contributed by atoms with Crippen LogP contribution in [0.1, 0.15) is 29.6 Å². The van der Waals surface area contributed by atoms with E-state index in [1.807, 2.05) is 23.9 Å². The number of halogens is 2. The largest absolute Gasteiger partial charge is 0.352 e. The van der Waals surface area contributed by atoms with Gasteiger partial charge in [0.25, 0.3) is 5.91 Å². The van der Waals surface area contributed by atoms with Gasteiger partial charge >= 0.3 is 0 Å². The van der Waals surface area contributed by atoms with Crippen LogP contribution >= 0.6 is 39.3 Å². The first kappa shape index (κ1) is 15.9. The molecule has 0 unspecified atom stereocenters. The van der Waals surface area contributed by atoms with E-state index in [1.165, 1.54) is 12.2 Å². The van der Waals surface area contributed by atoms with Crippen molar-refractivity contribution in [2.75, 3.05) is 18.6 Å². The highest BCUT2D eigenvalue weighted by Crippen LogP contribution is 2.25. The first-order valence-electron chi connectivity index (χ1n) is 5.88. The third-order valence-corrected chi connectivity index (χ3v) is 4.50. The molecule has 0 radical (unpaired) electrons. The summed E-state index contributed by atoms with van der Waals surface area (Å²) in [5.74, 6) is 1.08. The Morgan fingerprint density at radius 3 is 2.89 bits per heavy atom. The second kappa shape index (κ2) is 8.83. The summed E-state index contributed by atoms with van der Waals surface area (Å²) < 4.78 is 0.747. The molecule has 100 valence electrons. The van der Waals surface area contributed by atoms with Crippen molar-refractivity contribution in [2.45, 2.75) is 19.3 Å². The van der Waals surface area contributed by atoms with Gasteiger partial charge in [-0.1, -0.05) is 24.1 Å². The van der Waals surface area contributed by atoms with E-state index in [-0.39, 0.29) is 5.91 Å². The standard InChI is InChI=1S/C13H17BrClNOS/c1-18-9-4-2-3-8-16-13(17)10-6-5-7-11(14)12(10)15/h5-7H,2-4,8-9H2,1H3,(H,16,17). The van der Waals surface area contributed by atoms with Crippen LogP contribution < -0.4 is 5.32 Å². The molecule has 0 aliphatic heterocycles. The van der Waals surface area contributed by atoms with Crippen molar-refractivity contribution in [1.29, 1.82) is 0 Å². The summed E-state index contributed by atoms with van der Waals surface area (Å²) in [6.45, 7) is 0.704. The summed E-state index contributed by atoms with van der Waals surface area (Å²) in [6, 6.07) is 5.36. The van der Waals surface area contributed by atoms with E-state index in [4.69, 9.17) is 11.6 Å². The number of hydrogen-bond acceptors (Lipinski definition) is 2. The molecule has 0 bridgehead atoms. The normalized spacial score (nSPS) is 10.4. The van der Waals surface area contributed by atoms with Gasteiger partial charge in [-0.15, -0.1) is 0 Å². The van der Waals surface area contributed by atoms with E-state index in [2.05, 4.69) is 27.5 Å². The minimum absolute atomic E-state index is 0.105. The molecule has 0 saturated heterocycles. The monoisotopic (exact) mass is 349 g/mol. The van der Waals surface area contributed by atoms with Crippen molar-refractivity contribution >= 4 is 45.2 Å². The number of nitrogens with one attached hydrogen (secondary N) is 1. The fraction of sp³-hybridized carbons (Fsp3) is 0.462. The van der Waals surface area contributed by atoms with E-state index in [0.717, 1.165) is 17.3 Å². The summed E-state index contributed by atoms with van der Waals surface area (Å²) >= 11 is 11.2. The Balaban J connectivity index is 2.35. The third kappa shape index (κ3) is 5.21. The van der Waals surface area contributed by atoms with Gasteiger partial charge in [0.15, 0.2) is 0 Å². The Labute approximate surface area is 126 Å². The van der Waals surface area contributed by atoms with Crippen LogP contribution in [-0.2, 0) is 0 Å². The van der Waals surface area contributed by atoms with Gasteiger partial charge in [0.1, 0.15) is 0 Å². The van der Waals surface area contributed by atoms with Gasteiger partial charge in [-0.2, -0.15) is 11.8 Å². The van der Waals surface area contributed by atoms with Gasteiger partial charge in [0.2, 0.25) is 0 Å². The van der Waals surface area contributed by atoms with Crippen LogP contribution in [0.4, 0.5) is 0 Å². The molecule has 18 heavy (non-hydrogen) atoms. The predicted octanol–water partition coefficient (Wildman–Crippen LogP) is 4.37. The molecule has 0 spiro atoms. The van der Waals surface area contributed by atoms with Crippen molar-refractivity contribution in [2.24, 2.45) is 0 Å². The summed E-state index contributed by atoms with van der Waals surface area (Å²) in [5, 5.41) is 3.36. The molecule has 0 aliphatic rings. The molecule has 2 nitrogen and oxygen atoms in total. The van der Waals surface area contributed by atoms with Gasteiger partial charge in [-0.05, 0) is 52.9 Å². The van der Waals surface area contributed by atoms with Crippen LogP contribution in [0.5, 0.6) is 0 Å². The van der Waals surface area contributed by atoms with Crippen LogP contribution in [0, 0.1) is 0 Å². The molecule has 1 amide bonds. The van der Waals surface area contributed by atoms with Crippen LogP contribution in [-0.4, -0.2) is 24.5 Å². The molecule has 1 aromatic rings. The predicted molar refractivity (Wildman–Crippen MR) is 83.7 cm³/mol. The average molecular weight is 351 g/mol. The maximum absolute atomic E-state index is 11.9. The molecule has 1 aromatic carbocycles. The molecular weight excluding hydrogens is 334 g/mol. The first-order valence-corrected chi connectivity index (χ1v) is 8.44. The fourth-order valence-electron chi connectivity index (χ4n) is 1.52. The number of thioether (sulfide) groups is 1. The zero-order valence-corrected chi connectivity index (χ0v) is 13.5. The minimum atomic E-state index is -0.105. The van der Waals surface area contributed by atoms with E-state index >= 15 is 0 Å². The number of amides is 1. The van der Waals surface area contributed by atoms with Crippen LogP contribution in [0.3, 0.4) is 0 Å². The molecule has 0 aliphatic carbocycles. The van der Waals surface area contributed by atoms with E-state index in [0.29, 0.717) is 17.1 Å². The number of hydrogen-bond donors (Lipinski definition) is 1. The lowest BCUT2D eigenvalue weighted by Crippen LogP contribution is -2.24. The highest BCUT2D eigenvalue weighted by Gasteiger charge is 2.11. The van der Waals surface area contributed by atoms with Crippen molar-refractivity contribution < 1.29 is 4.79 Å². The molecule has 1 rings (SSSR count). The van der Waals surface area contributed by atoms with Gasteiger partial charge in [0, 0.05) is 11.0 Å². The molecule has 0 aromatic heterocycles. The number of rotatable bonds is 7. The number of carbonyl (C=O) groups is 1. The molecule has 0 heterocycles. The Hall–Kier alpha value is -0.190. The maximum atomic E-state index is 11.9. The smallest absolute Gasteiger partial charge is 0.252 e. The first-order chi connectivity index (χ1) is 8.66. The summed E-state index contributed by atoms with van der Waals surface area (Å²) in [6.07, 6.45) is 5.47. The summed E-state index contributed by atoms with van der Waals surface area (Å²) in [7, 11) is 0. The van der Waals surface area contributed by atoms with Crippen molar-refractivity contribution in [3.63, 3.8) is 0 Å². The molecule has 0 atom stereocenters. The topological polar surface area (TPSA) is 29.1 Å². The Morgan fingerprint density at radius 2 is 2.17 bits per heavy atom. The molecule has 1 N–H and O–H groups in total. The van der Waals surface area contributed by atoms with E-state index in [1.54, 1.807) is 6.07 Å². The Bertz CT molecular complexity index is 401. The molecule has 0 fully saturated rings. The quantitative estimate of drug-likeness (QED) is 0.740. The lowest BCUT2D eigenvalue weighted by Gasteiger charge is -2.07. The highest BCUT2D eigenvalue weighted by molar-refractivity contribution is 9.10. The maximum Gasteiger partial charge on any atom is 0.252 e. The Kier molecular flexibility index (Phi) is 7.79. The Morgan fingerprint density at radius 1 is 1.39 bits per heavy atom. The third-order valence-electron chi connectivity index (χ3n) is 2.51. The molecule has 0 saturated carbocycles. The van der Waals surface area contributed by atoms with Gasteiger partial charge < -0.3 is 5.32 Å². The van der Waals surface area contributed by atoms with Crippen LogP contribution in [0.2, 0.25) is 5.02 Å². The van der Waals surface area contributed by atoms with Crippen LogP contribution in [0.15, 0.2) is 22.7 Å². The van der Waals surface area contributed by atoms with Gasteiger partial charge in [-0.3, -0.25) is 4.79 Å². The molecular formula is C13H17BrClNOS. The zero-order chi connectivity index (χ0) is 13.4. The fourth-order valence-corrected chi connectivity index (χ4v) is 2.60. The van der Waals surface area contributed by atoms with Crippen molar-refractivity contribution in [3.05, 3.63) is 33.3 Å². The van der Waals surface area contributed by atoms with Crippen molar-refractivity contribution in [3.8, 4) is 0 Å². The molecule has 5 heteroatoms. The van der Waals surface area contributed by atoms with Gasteiger partial charge in [0.05, 0.1) is 10.6 Å². The summed E-state index contributed by atoms with van der Waals surface area (Å²) in [4.78, 5) is 11.9. The second-order valence-corrected chi connectivity index (χ2v) is 6.13. The lowest BCUT2D eigenvalue weighted by molar-refractivity contribution is 0.0953. The van der Waals surface area contributed by atoms with E-state index in [9.17, 15) is 4.79 Å². The number of unbranched alkanes of at least 4 members (excludes halogenated alkanes) is 2. The average Bonchev–Trinajstić information content (AvgIpc) is 2.36. The van der Waals surface area contributed by atoms with Gasteiger partial charge in [-0.25, -0.2) is 0 Å². The summed E-state index contributed by atoms with van der Waals surface area (Å²) in [5.41, 5.74) is 0.523. The number of benzene rings is 1. The highest BCUT2D eigenvalue weighted by atomic mass is 79.9. The van der Waals surface area contributed by atoms with Crippen LogP contribution in [0.25, 0.3) is 0 Å². The minimum Gasteiger partial charge on any atom is -0.352 e. The van der Waals surface area contributed by atoms with Crippen molar-refractivity contribution in [1.82, 2.24) is 5.32 Å². The number of carbonyl (C=O) groups excluding carboxylic acids is 1. The zero-order valence-electron chi connectivity index (χ0n) is 10.3. The second-order valence-electron chi connectivity index (χ2n) is 3.91. The lowest BCUT2D eigenvalue weighted by atomic mass is 10.2. The SMILES string of the molecule is CSCCCCCNC(=O)c1cccc(Br)c1Cl.